The number of amides is 1. The molecule has 0 aliphatic rings. The van der Waals surface area contributed by atoms with Gasteiger partial charge in [0, 0.05) is 33.9 Å². The average molecular weight is 331 g/mol. The quantitative estimate of drug-likeness (QED) is 0.559. The maximum Gasteiger partial charge on any atom is 0.266 e. The van der Waals surface area contributed by atoms with Gasteiger partial charge in [-0.15, -0.1) is 0 Å². The van der Waals surface area contributed by atoms with Crippen molar-refractivity contribution in [1.82, 2.24) is 4.98 Å². The number of aryl methyl sites for hydroxylation is 1. The van der Waals surface area contributed by atoms with Gasteiger partial charge in [0.05, 0.1) is 7.11 Å². The van der Waals surface area contributed by atoms with E-state index < -0.39 is 5.91 Å². The lowest BCUT2D eigenvalue weighted by Crippen LogP contribution is -2.13. The number of ether oxygens (including phenoxy) is 1. The Labute approximate surface area is 145 Å². The molecule has 2 N–H and O–H groups in total. The van der Waals surface area contributed by atoms with Gasteiger partial charge in [0.2, 0.25) is 0 Å². The van der Waals surface area contributed by atoms with E-state index in [4.69, 9.17) is 4.74 Å². The number of hydrogen-bond donors (Lipinski definition) is 2. The summed E-state index contributed by atoms with van der Waals surface area (Å²) in [6.07, 6.45) is 1.61. The fraction of sp³-hybridized carbons (Fsp3) is 0.100. The monoisotopic (exact) mass is 331 g/mol. The number of carbonyl (C=O) groups is 1. The molecule has 0 unspecified atom stereocenters. The maximum atomic E-state index is 12.5. The van der Waals surface area contributed by atoms with Gasteiger partial charge in [0.25, 0.3) is 5.91 Å². The molecule has 1 heterocycles. The van der Waals surface area contributed by atoms with Gasteiger partial charge in [-0.3, -0.25) is 4.79 Å². The standard InChI is InChI=1S/C20H17N3O2/c1-13-18(17-8-3-4-9-19(17)22-13)10-14(12-21)20(24)23-15-6-5-7-16(11-15)25-2/h3-11,22H,1-2H3,(H,23,24)/b14-10-. The van der Waals surface area contributed by atoms with E-state index in [1.807, 2.05) is 37.3 Å². The fourth-order valence-corrected chi connectivity index (χ4v) is 2.68. The summed E-state index contributed by atoms with van der Waals surface area (Å²) in [6, 6.07) is 16.8. The molecular formula is C20H17N3O2. The lowest BCUT2D eigenvalue weighted by Gasteiger charge is -2.06. The molecule has 2 aromatic carbocycles. The second-order valence-corrected chi connectivity index (χ2v) is 5.57. The molecule has 0 bridgehead atoms. The first kappa shape index (κ1) is 16.3. The highest BCUT2D eigenvalue weighted by Crippen LogP contribution is 2.25. The minimum Gasteiger partial charge on any atom is -0.497 e. The van der Waals surface area contributed by atoms with Crippen molar-refractivity contribution in [1.29, 1.82) is 5.26 Å². The zero-order valence-electron chi connectivity index (χ0n) is 14.0. The van der Waals surface area contributed by atoms with Gasteiger partial charge in [-0.05, 0) is 31.2 Å². The number of rotatable bonds is 4. The Hall–Kier alpha value is -3.52. The molecule has 0 saturated carbocycles. The molecule has 3 aromatic rings. The van der Waals surface area contributed by atoms with Crippen molar-refractivity contribution in [2.75, 3.05) is 12.4 Å². The number of nitrogens with zero attached hydrogens (tertiary/aromatic N) is 1. The van der Waals surface area contributed by atoms with Crippen molar-refractivity contribution in [2.24, 2.45) is 0 Å². The van der Waals surface area contributed by atoms with Crippen molar-refractivity contribution in [3.8, 4) is 11.8 Å². The van der Waals surface area contributed by atoms with Gasteiger partial charge in [-0.25, -0.2) is 0 Å². The van der Waals surface area contributed by atoms with E-state index in [1.165, 1.54) is 0 Å². The number of aromatic amines is 1. The third-order valence-electron chi connectivity index (χ3n) is 3.92. The number of H-pyrrole nitrogens is 1. The van der Waals surface area contributed by atoms with Gasteiger partial charge in [-0.1, -0.05) is 24.3 Å². The molecule has 5 heteroatoms. The van der Waals surface area contributed by atoms with Crippen LogP contribution < -0.4 is 10.1 Å². The van der Waals surface area contributed by atoms with Crippen molar-refractivity contribution >= 4 is 28.6 Å². The van der Waals surface area contributed by atoms with Gasteiger partial charge in [0.1, 0.15) is 17.4 Å². The number of anilines is 1. The lowest BCUT2D eigenvalue weighted by molar-refractivity contribution is -0.112. The van der Waals surface area contributed by atoms with Gasteiger partial charge < -0.3 is 15.0 Å². The largest absolute Gasteiger partial charge is 0.497 e. The number of fused-ring (bicyclic) bond motifs is 1. The highest BCUT2D eigenvalue weighted by Gasteiger charge is 2.13. The summed E-state index contributed by atoms with van der Waals surface area (Å²) in [6.45, 7) is 1.92. The Bertz CT molecular complexity index is 1010. The van der Waals surface area contributed by atoms with E-state index in [1.54, 1.807) is 37.5 Å². The summed E-state index contributed by atoms with van der Waals surface area (Å²) in [5, 5.41) is 13.1. The van der Waals surface area contributed by atoms with Crippen molar-refractivity contribution < 1.29 is 9.53 Å². The molecule has 5 nitrogen and oxygen atoms in total. The van der Waals surface area contributed by atoms with Crippen LogP contribution in [-0.4, -0.2) is 18.0 Å². The minimum absolute atomic E-state index is 0.0377. The van der Waals surface area contributed by atoms with Gasteiger partial charge >= 0.3 is 0 Å². The first-order chi connectivity index (χ1) is 12.1. The summed E-state index contributed by atoms with van der Waals surface area (Å²) in [4.78, 5) is 15.7. The second-order valence-electron chi connectivity index (χ2n) is 5.57. The molecule has 0 fully saturated rings. The topological polar surface area (TPSA) is 77.9 Å². The van der Waals surface area contributed by atoms with Crippen LogP contribution in [0.5, 0.6) is 5.75 Å². The number of carbonyl (C=O) groups excluding carboxylic acids is 1. The molecule has 124 valence electrons. The molecule has 0 saturated heterocycles. The zero-order valence-corrected chi connectivity index (χ0v) is 14.0. The summed E-state index contributed by atoms with van der Waals surface area (Å²) >= 11 is 0. The summed E-state index contributed by atoms with van der Waals surface area (Å²) in [5.74, 6) is 0.174. The summed E-state index contributed by atoms with van der Waals surface area (Å²) in [7, 11) is 1.56. The Morgan fingerprint density at radius 2 is 2.04 bits per heavy atom. The third-order valence-corrected chi connectivity index (χ3v) is 3.92. The number of aromatic nitrogens is 1. The number of nitrogens with one attached hydrogen (secondary N) is 2. The van der Waals surface area contributed by atoms with E-state index in [0.29, 0.717) is 11.4 Å². The van der Waals surface area contributed by atoms with E-state index in [0.717, 1.165) is 22.2 Å². The Balaban J connectivity index is 1.93. The smallest absolute Gasteiger partial charge is 0.266 e. The first-order valence-corrected chi connectivity index (χ1v) is 7.77. The summed E-state index contributed by atoms with van der Waals surface area (Å²) in [5.41, 5.74) is 3.32. The minimum atomic E-state index is -0.458. The van der Waals surface area contributed by atoms with Crippen LogP contribution in [0, 0.1) is 18.3 Å². The Morgan fingerprint density at radius 3 is 2.80 bits per heavy atom. The van der Waals surface area contributed by atoms with E-state index in [2.05, 4.69) is 10.3 Å². The maximum absolute atomic E-state index is 12.5. The van der Waals surface area contributed by atoms with Crippen molar-refractivity contribution in [3.63, 3.8) is 0 Å². The van der Waals surface area contributed by atoms with E-state index in [-0.39, 0.29) is 5.57 Å². The average Bonchev–Trinajstić information content (AvgIpc) is 2.94. The number of para-hydroxylation sites is 1. The van der Waals surface area contributed by atoms with Crippen LogP contribution in [0.2, 0.25) is 0 Å². The molecule has 0 aliphatic carbocycles. The highest BCUT2D eigenvalue weighted by molar-refractivity contribution is 6.11. The zero-order chi connectivity index (χ0) is 17.8. The van der Waals surface area contributed by atoms with Crippen molar-refractivity contribution in [2.45, 2.75) is 6.92 Å². The van der Waals surface area contributed by atoms with Crippen LogP contribution in [0.1, 0.15) is 11.3 Å². The Kier molecular flexibility index (Phi) is 4.53. The molecule has 1 aromatic heterocycles. The lowest BCUT2D eigenvalue weighted by atomic mass is 10.1. The number of benzene rings is 2. The molecule has 0 aliphatic heterocycles. The first-order valence-electron chi connectivity index (χ1n) is 7.77. The summed E-state index contributed by atoms with van der Waals surface area (Å²) < 4.78 is 5.14. The molecule has 3 rings (SSSR count). The van der Waals surface area contributed by atoms with Crippen LogP contribution >= 0.6 is 0 Å². The van der Waals surface area contributed by atoms with Gasteiger partial charge in [0.15, 0.2) is 0 Å². The molecular weight excluding hydrogens is 314 g/mol. The van der Waals surface area contributed by atoms with Crippen LogP contribution in [0.4, 0.5) is 5.69 Å². The van der Waals surface area contributed by atoms with E-state index >= 15 is 0 Å². The van der Waals surface area contributed by atoms with Gasteiger partial charge in [-0.2, -0.15) is 5.26 Å². The Morgan fingerprint density at radius 1 is 1.24 bits per heavy atom. The van der Waals surface area contributed by atoms with Crippen LogP contribution in [-0.2, 0) is 4.79 Å². The molecule has 25 heavy (non-hydrogen) atoms. The van der Waals surface area contributed by atoms with Crippen LogP contribution in [0.25, 0.3) is 17.0 Å². The molecule has 0 spiro atoms. The number of hydrogen-bond acceptors (Lipinski definition) is 3. The van der Waals surface area contributed by atoms with Crippen LogP contribution in [0.3, 0.4) is 0 Å². The van der Waals surface area contributed by atoms with Crippen LogP contribution in [0.15, 0.2) is 54.1 Å². The second kappa shape index (κ2) is 6.93. The SMILES string of the molecule is COc1cccc(NC(=O)/C(C#N)=C\c2c(C)[nH]c3ccccc23)c1. The number of methoxy groups -OCH3 is 1. The normalized spacial score (nSPS) is 11.2. The third kappa shape index (κ3) is 3.38. The molecule has 0 radical (unpaired) electrons. The fourth-order valence-electron chi connectivity index (χ4n) is 2.68. The molecule has 1 amide bonds. The molecule has 0 atom stereocenters. The number of nitriles is 1. The van der Waals surface area contributed by atoms with E-state index in [9.17, 15) is 10.1 Å². The predicted molar refractivity (Wildman–Crippen MR) is 98.2 cm³/mol. The highest BCUT2D eigenvalue weighted by atomic mass is 16.5. The predicted octanol–water partition coefficient (Wildman–Crippen LogP) is 4.03. The van der Waals surface area contributed by atoms with Crippen molar-refractivity contribution in [3.05, 3.63) is 65.4 Å².